The van der Waals surface area contributed by atoms with E-state index in [0.717, 1.165) is 36.8 Å². The molecule has 1 aromatic rings. The molecule has 2 rings (SSSR count). The summed E-state index contributed by atoms with van der Waals surface area (Å²) in [6, 6.07) is 7.39. The molecule has 0 aliphatic heterocycles. The second kappa shape index (κ2) is 9.51. The predicted octanol–water partition coefficient (Wildman–Crippen LogP) is 2.86. The highest BCUT2D eigenvalue weighted by Gasteiger charge is 2.22. The van der Waals surface area contributed by atoms with Crippen LogP contribution in [0, 0.1) is 11.8 Å². The van der Waals surface area contributed by atoms with Crippen LogP contribution in [0.25, 0.3) is 0 Å². The molecule has 6 nitrogen and oxygen atoms in total. The quantitative estimate of drug-likeness (QED) is 0.516. The second-order valence-corrected chi connectivity index (χ2v) is 7.65. The zero-order valence-electron chi connectivity index (χ0n) is 15.6. The van der Waals surface area contributed by atoms with Crippen LogP contribution < -0.4 is 10.6 Å². The summed E-state index contributed by atoms with van der Waals surface area (Å²) in [5.74, 6) is 0.863. The summed E-state index contributed by atoms with van der Waals surface area (Å²) in [5.41, 5.74) is 0.965. The van der Waals surface area contributed by atoms with Gasteiger partial charge in [-0.05, 0) is 56.1 Å². The maximum Gasteiger partial charge on any atom is 0.315 e. The number of hydrogen-bond donors (Lipinski definition) is 3. The van der Waals surface area contributed by atoms with Crippen LogP contribution in [-0.4, -0.2) is 30.3 Å². The molecule has 0 spiro atoms. The maximum atomic E-state index is 12.0. The number of benzene rings is 1. The van der Waals surface area contributed by atoms with Crippen molar-refractivity contribution in [2.75, 3.05) is 13.1 Å². The number of hydrogen-bond acceptors (Lipinski definition) is 4. The van der Waals surface area contributed by atoms with Gasteiger partial charge >= 0.3 is 6.03 Å². The average molecular weight is 359 g/mol. The van der Waals surface area contributed by atoms with E-state index in [4.69, 9.17) is 0 Å². The van der Waals surface area contributed by atoms with Crippen molar-refractivity contribution >= 4 is 12.1 Å². The smallest absolute Gasteiger partial charge is 0.315 e. The zero-order valence-corrected chi connectivity index (χ0v) is 15.6. The topological polar surface area (TPSA) is 90.8 Å². The Hall–Kier alpha value is -2.17. The lowest BCUT2D eigenvalue weighted by molar-refractivity contribution is 0.0786. The standard InChI is InChI=1S/C20H29N3O3/c1-20(2,26)18-8-6-15(7-9-18)12-22-19(25)23-13-17-5-3-4-16(10-17)11-21-14-24/h6-9,16-17,26H,3-5,10-13H2,1-2H3,(H2,22,23,25). The Balaban J connectivity index is 1.71. The molecule has 2 atom stereocenters. The van der Waals surface area contributed by atoms with Crippen molar-refractivity contribution in [1.82, 2.24) is 10.6 Å². The Labute approximate surface area is 155 Å². The zero-order chi connectivity index (χ0) is 19.0. The van der Waals surface area contributed by atoms with E-state index in [-0.39, 0.29) is 6.03 Å². The van der Waals surface area contributed by atoms with Crippen molar-refractivity contribution in [1.29, 1.82) is 0 Å². The third kappa shape index (κ3) is 6.62. The Morgan fingerprint density at radius 2 is 1.92 bits per heavy atom. The number of amides is 2. The van der Waals surface area contributed by atoms with E-state index >= 15 is 0 Å². The van der Waals surface area contributed by atoms with E-state index in [0.29, 0.717) is 31.5 Å². The van der Waals surface area contributed by atoms with Crippen molar-refractivity contribution < 1.29 is 14.7 Å². The van der Waals surface area contributed by atoms with Gasteiger partial charge in [0.2, 0.25) is 6.08 Å². The van der Waals surface area contributed by atoms with Gasteiger partial charge in [0.15, 0.2) is 0 Å². The molecular weight excluding hydrogens is 330 g/mol. The molecule has 1 saturated carbocycles. The van der Waals surface area contributed by atoms with Gasteiger partial charge in [-0.15, -0.1) is 0 Å². The van der Waals surface area contributed by atoms with Crippen molar-refractivity contribution in [3.8, 4) is 0 Å². The van der Waals surface area contributed by atoms with Crippen LogP contribution in [0.1, 0.15) is 50.7 Å². The van der Waals surface area contributed by atoms with E-state index in [1.165, 1.54) is 0 Å². The number of isocyanates is 1. The number of rotatable bonds is 7. The number of carbonyl (C=O) groups is 1. The molecular formula is C20H29N3O3. The summed E-state index contributed by atoms with van der Waals surface area (Å²) in [7, 11) is 0. The van der Waals surface area contributed by atoms with Crippen molar-refractivity contribution in [2.45, 2.75) is 51.7 Å². The van der Waals surface area contributed by atoms with Gasteiger partial charge in [0.05, 0.1) is 12.1 Å². The van der Waals surface area contributed by atoms with Crippen LogP contribution >= 0.6 is 0 Å². The van der Waals surface area contributed by atoms with Crippen LogP contribution in [0.15, 0.2) is 29.3 Å². The number of aliphatic imine (C=N–C) groups is 1. The lowest BCUT2D eigenvalue weighted by Gasteiger charge is -2.28. The van der Waals surface area contributed by atoms with Crippen LogP contribution in [0.4, 0.5) is 4.79 Å². The fraction of sp³-hybridized carbons (Fsp3) is 0.600. The highest BCUT2D eigenvalue weighted by molar-refractivity contribution is 5.73. The molecule has 6 heteroatoms. The first-order valence-electron chi connectivity index (χ1n) is 9.25. The fourth-order valence-electron chi connectivity index (χ4n) is 3.43. The van der Waals surface area contributed by atoms with E-state index in [1.54, 1.807) is 19.9 Å². The summed E-state index contributed by atoms with van der Waals surface area (Å²) in [4.78, 5) is 25.9. The normalized spacial score (nSPS) is 20.1. The summed E-state index contributed by atoms with van der Waals surface area (Å²) < 4.78 is 0. The molecule has 26 heavy (non-hydrogen) atoms. The Kier molecular flexibility index (Phi) is 7.37. The Morgan fingerprint density at radius 1 is 1.23 bits per heavy atom. The molecule has 0 saturated heterocycles. The highest BCUT2D eigenvalue weighted by atomic mass is 16.3. The SMILES string of the molecule is CC(C)(O)c1ccc(CNC(=O)NCC2CCCC(CN=C=O)C2)cc1. The lowest BCUT2D eigenvalue weighted by atomic mass is 9.81. The average Bonchev–Trinajstić information content (AvgIpc) is 2.63. The van der Waals surface area contributed by atoms with Crippen molar-refractivity contribution in [2.24, 2.45) is 16.8 Å². The van der Waals surface area contributed by atoms with Crippen LogP contribution in [0.5, 0.6) is 0 Å². The van der Waals surface area contributed by atoms with Crippen molar-refractivity contribution in [3.63, 3.8) is 0 Å². The molecule has 1 aliphatic rings. The fourth-order valence-corrected chi connectivity index (χ4v) is 3.43. The third-order valence-corrected chi connectivity index (χ3v) is 4.97. The Bertz CT molecular complexity index is 631. The minimum absolute atomic E-state index is 0.176. The van der Waals surface area contributed by atoms with Gasteiger partial charge in [0.1, 0.15) is 0 Å². The van der Waals surface area contributed by atoms with Gasteiger partial charge in [0, 0.05) is 13.1 Å². The maximum absolute atomic E-state index is 12.0. The molecule has 0 radical (unpaired) electrons. The van der Waals surface area contributed by atoms with E-state index < -0.39 is 5.60 Å². The number of carbonyl (C=O) groups excluding carboxylic acids is 2. The summed E-state index contributed by atoms with van der Waals surface area (Å²) in [5, 5.41) is 15.8. The molecule has 0 heterocycles. The molecule has 1 aromatic carbocycles. The number of nitrogens with zero attached hydrogens (tertiary/aromatic N) is 1. The highest BCUT2D eigenvalue weighted by Crippen LogP contribution is 2.28. The number of nitrogens with one attached hydrogen (secondary N) is 2. The molecule has 2 unspecified atom stereocenters. The molecule has 142 valence electrons. The van der Waals surface area contributed by atoms with Crippen LogP contribution in [0.3, 0.4) is 0 Å². The summed E-state index contributed by atoms with van der Waals surface area (Å²) in [6.07, 6.45) is 5.90. The van der Waals surface area contributed by atoms with E-state index in [2.05, 4.69) is 15.6 Å². The minimum Gasteiger partial charge on any atom is -0.386 e. The first-order valence-corrected chi connectivity index (χ1v) is 9.25. The van der Waals surface area contributed by atoms with E-state index in [9.17, 15) is 14.7 Å². The van der Waals surface area contributed by atoms with E-state index in [1.807, 2.05) is 24.3 Å². The molecule has 1 aliphatic carbocycles. The molecule has 0 aromatic heterocycles. The van der Waals surface area contributed by atoms with Crippen LogP contribution in [0.2, 0.25) is 0 Å². The Morgan fingerprint density at radius 3 is 2.58 bits per heavy atom. The molecule has 2 amide bonds. The predicted molar refractivity (Wildman–Crippen MR) is 100 cm³/mol. The van der Waals surface area contributed by atoms with Crippen LogP contribution in [-0.2, 0) is 16.9 Å². The minimum atomic E-state index is -0.863. The molecule has 0 bridgehead atoms. The van der Waals surface area contributed by atoms with Gasteiger partial charge in [-0.25, -0.2) is 14.6 Å². The first kappa shape index (κ1) is 20.1. The molecule has 1 fully saturated rings. The third-order valence-electron chi connectivity index (χ3n) is 4.97. The lowest BCUT2D eigenvalue weighted by Crippen LogP contribution is -2.39. The second-order valence-electron chi connectivity index (χ2n) is 7.65. The van der Waals surface area contributed by atoms with Gasteiger partial charge in [-0.3, -0.25) is 0 Å². The van der Waals surface area contributed by atoms with Gasteiger partial charge in [-0.2, -0.15) is 0 Å². The van der Waals surface area contributed by atoms with Gasteiger partial charge in [-0.1, -0.05) is 30.7 Å². The molecule has 3 N–H and O–H groups in total. The monoisotopic (exact) mass is 359 g/mol. The number of aliphatic hydroxyl groups is 1. The number of urea groups is 1. The first-order chi connectivity index (χ1) is 12.4. The van der Waals surface area contributed by atoms with Gasteiger partial charge < -0.3 is 15.7 Å². The van der Waals surface area contributed by atoms with Crippen molar-refractivity contribution in [3.05, 3.63) is 35.4 Å². The van der Waals surface area contributed by atoms with Gasteiger partial charge in [0.25, 0.3) is 0 Å². The summed E-state index contributed by atoms with van der Waals surface area (Å²) >= 11 is 0. The summed E-state index contributed by atoms with van der Waals surface area (Å²) in [6.45, 7) is 5.13. The largest absolute Gasteiger partial charge is 0.386 e.